The third-order valence-electron chi connectivity index (χ3n) is 2.76. The highest BCUT2D eigenvalue weighted by molar-refractivity contribution is 6.30. The van der Waals surface area contributed by atoms with E-state index in [9.17, 15) is 9.18 Å². The van der Waals surface area contributed by atoms with Crippen molar-refractivity contribution in [1.29, 1.82) is 0 Å². The molecule has 0 aliphatic carbocycles. The van der Waals surface area contributed by atoms with E-state index >= 15 is 0 Å². The first kappa shape index (κ1) is 15.3. The molecule has 4 nitrogen and oxygen atoms in total. The minimum Gasteiger partial charge on any atom is -0.481 e. The number of ether oxygens (including phenoxy) is 1. The average Bonchev–Trinajstić information content (AvgIpc) is 2.48. The fraction of sp³-hybridized carbons (Fsp3) is 0.200. The molecular weight excluding hydrogens is 295 g/mol. The zero-order valence-electron chi connectivity index (χ0n) is 11.3. The summed E-state index contributed by atoms with van der Waals surface area (Å²) in [5, 5.41) is 3.17. The van der Waals surface area contributed by atoms with Crippen molar-refractivity contribution in [3.63, 3.8) is 0 Å². The number of hydrogen-bond acceptors (Lipinski definition) is 3. The molecule has 21 heavy (non-hydrogen) atoms. The fourth-order valence-electron chi connectivity index (χ4n) is 1.63. The predicted molar refractivity (Wildman–Crippen MR) is 77.6 cm³/mol. The second kappa shape index (κ2) is 7.04. The zero-order valence-corrected chi connectivity index (χ0v) is 12.1. The lowest BCUT2D eigenvalue weighted by Gasteiger charge is -2.14. The molecule has 6 heteroatoms. The van der Waals surface area contributed by atoms with E-state index in [1.165, 1.54) is 18.3 Å². The molecule has 0 bridgehead atoms. The Morgan fingerprint density at radius 2 is 2.10 bits per heavy atom. The molecule has 1 amide bonds. The minimum absolute atomic E-state index is 0.0137. The molecule has 1 aromatic heterocycles. The molecule has 0 saturated heterocycles. The Bertz CT molecular complexity index is 619. The molecule has 1 aromatic carbocycles. The maximum atomic E-state index is 13.4. The molecule has 0 radical (unpaired) electrons. The summed E-state index contributed by atoms with van der Waals surface area (Å²) in [4.78, 5) is 15.7. The van der Waals surface area contributed by atoms with E-state index in [2.05, 4.69) is 10.3 Å². The highest BCUT2D eigenvalue weighted by atomic mass is 35.5. The molecule has 1 unspecified atom stereocenters. The molecule has 1 atom stereocenters. The topological polar surface area (TPSA) is 51.2 Å². The van der Waals surface area contributed by atoms with Crippen LogP contribution >= 0.6 is 11.6 Å². The van der Waals surface area contributed by atoms with E-state index in [-0.39, 0.29) is 18.1 Å². The third-order valence-corrected chi connectivity index (χ3v) is 3.01. The van der Waals surface area contributed by atoms with Crippen LogP contribution in [0.4, 0.5) is 4.39 Å². The van der Waals surface area contributed by atoms with Gasteiger partial charge in [0.05, 0.1) is 12.2 Å². The first-order chi connectivity index (χ1) is 10.1. The largest absolute Gasteiger partial charge is 0.481 e. The summed E-state index contributed by atoms with van der Waals surface area (Å²) in [6.45, 7) is 1.62. The molecule has 0 fully saturated rings. The molecular formula is C15H14ClFN2O2. The Hall–Kier alpha value is -2.14. The second-order valence-corrected chi connectivity index (χ2v) is 4.80. The van der Waals surface area contributed by atoms with Gasteiger partial charge in [0.15, 0.2) is 6.10 Å². The van der Waals surface area contributed by atoms with Crippen molar-refractivity contribution in [1.82, 2.24) is 10.3 Å². The average molecular weight is 309 g/mol. The number of aromatic nitrogens is 1. The van der Waals surface area contributed by atoms with Crippen molar-refractivity contribution in [3.8, 4) is 5.75 Å². The van der Waals surface area contributed by atoms with Crippen molar-refractivity contribution < 1.29 is 13.9 Å². The molecule has 0 spiro atoms. The van der Waals surface area contributed by atoms with Crippen molar-refractivity contribution >= 4 is 17.5 Å². The Balaban J connectivity index is 1.88. The number of rotatable bonds is 5. The second-order valence-electron chi connectivity index (χ2n) is 4.36. The lowest BCUT2D eigenvalue weighted by Crippen LogP contribution is -2.36. The van der Waals surface area contributed by atoms with E-state index in [4.69, 9.17) is 16.3 Å². The molecule has 0 aliphatic heterocycles. The van der Waals surface area contributed by atoms with Crippen molar-refractivity contribution in [2.75, 3.05) is 0 Å². The number of pyridine rings is 1. The van der Waals surface area contributed by atoms with Gasteiger partial charge in [0.25, 0.3) is 5.91 Å². The summed E-state index contributed by atoms with van der Waals surface area (Å²) in [6, 6.07) is 9.47. The molecule has 1 N–H and O–H groups in total. The quantitative estimate of drug-likeness (QED) is 0.924. The van der Waals surface area contributed by atoms with Gasteiger partial charge in [0.2, 0.25) is 0 Å². The fourth-order valence-corrected chi connectivity index (χ4v) is 1.76. The van der Waals surface area contributed by atoms with Crippen molar-refractivity contribution in [3.05, 3.63) is 59.1 Å². The van der Waals surface area contributed by atoms with Crippen LogP contribution in [0.1, 0.15) is 12.6 Å². The summed E-state index contributed by atoms with van der Waals surface area (Å²) in [7, 11) is 0. The zero-order chi connectivity index (χ0) is 15.2. The van der Waals surface area contributed by atoms with Crippen LogP contribution in [-0.4, -0.2) is 17.0 Å². The van der Waals surface area contributed by atoms with E-state index in [0.29, 0.717) is 10.8 Å². The highest BCUT2D eigenvalue weighted by Crippen LogP contribution is 2.16. The van der Waals surface area contributed by atoms with E-state index < -0.39 is 11.9 Å². The summed E-state index contributed by atoms with van der Waals surface area (Å²) >= 11 is 5.77. The maximum Gasteiger partial charge on any atom is 0.261 e. The summed E-state index contributed by atoms with van der Waals surface area (Å²) in [6.07, 6.45) is 0.760. The number of carbonyl (C=O) groups excluding carboxylic acids is 1. The standard InChI is InChI=1S/C15H14ClFN2O2/c1-10(21-12-6-4-11(16)5-7-12)15(20)19-9-14-13(17)3-2-8-18-14/h2-8,10H,9H2,1H3,(H,19,20). The van der Waals surface area contributed by atoms with Gasteiger partial charge in [0, 0.05) is 11.2 Å². The number of carbonyl (C=O) groups is 1. The van der Waals surface area contributed by atoms with E-state index in [1.54, 1.807) is 31.2 Å². The molecule has 1 heterocycles. The van der Waals surface area contributed by atoms with Gasteiger partial charge in [-0.1, -0.05) is 11.6 Å². The summed E-state index contributed by atoms with van der Waals surface area (Å²) in [5.74, 6) is -0.273. The lowest BCUT2D eigenvalue weighted by molar-refractivity contribution is -0.127. The highest BCUT2D eigenvalue weighted by Gasteiger charge is 2.15. The van der Waals surface area contributed by atoms with Gasteiger partial charge in [-0.15, -0.1) is 0 Å². The molecule has 0 aliphatic rings. The van der Waals surface area contributed by atoms with Gasteiger partial charge in [-0.25, -0.2) is 4.39 Å². The molecule has 2 rings (SSSR count). The van der Waals surface area contributed by atoms with Crippen LogP contribution in [-0.2, 0) is 11.3 Å². The van der Waals surface area contributed by atoms with Gasteiger partial charge in [-0.05, 0) is 43.3 Å². The first-order valence-corrected chi connectivity index (χ1v) is 6.73. The monoisotopic (exact) mass is 308 g/mol. The number of hydrogen-bond donors (Lipinski definition) is 1. The Morgan fingerprint density at radius 3 is 2.76 bits per heavy atom. The van der Waals surface area contributed by atoms with Crippen molar-refractivity contribution in [2.24, 2.45) is 0 Å². The summed E-state index contributed by atoms with van der Waals surface area (Å²) < 4.78 is 18.8. The van der Waals surface area contributed by atoms with Crippen LogP contribution in [0.3, 0.4) is 0 Å². The minimum atomic E-state index is -0.710. The Kier molecular flexibility index (Phi) is 5.11. The SMILES string of the molecule is CC(Oc1ccc(Cl)cc1)C(=O)NCc1ncccc1F. The molecule has 2 aromatic rings. The van der Waals surface area contributed by atoms with Crippen LogP contribution in [0.15, 0.2) is 42.6 Å². The van der Waals surface area contributed by atoms with Gasteiger partial charge in [-0.3, -0.25) is 9.78 Å². The number of halogens is 2. The van der Waals surface area contributed by atoms with Crippen LogP contribution in [0.25, 0.3) is 0 Å². The number of nitrogens with zero attached hydrogens (tertiary/aromatic N) is 1. The van der Waals surface area contributed by atoms with E-state index in [0.717, 1.165) is 0 Å². The first-order valence-electron chi connectivity index (χ1n) is 6.35. The van der Waals surface area contributed by atoms with Gasteiger partial charge >= 0.3 is 0 Å². The van der Waals surface area contributed by atoms with Crippen LogP contribution in [0, 0.1) is 5.82 Å². The Morgan fingerprint density at radius 1 is 1.38 bits per heavy atom. The van der Waals surface area contributed by atoms with Gasteiger partial charge in [0.1, 0.15) is 11.6 Å². The smallest absolute Gasteiger partial charge is 0.261 e. The van der Waals surface area contributed by atoms with Crippen LogP contribution in [0.2, 0.25) is 5.02 Å². The maximum absolute atomic E-state index is 13.4. The predicted octanol–water partition coefficient (Wildman–Crippen LogP) is 2.96. The van der Waals surface area contributed by atoms with Gasteiger partial charge < -0.3 is 10.1 Å². The molecule has 110 valence electrons. The number of amides is 1. The van der Waals surface area contributed by atoms with Gasteiger partial charge in [-0.2, -0.15) is 0 Å². The van der Waals surface area contributed by atoms with Crippen LogP contribution in [0.5, 0.6) is 5.75 Å². The summed E-state index contributed by atoms with van der Waals surface area (Å²) in [5.41, 5.74) is 0.185. The van der Waals surface area contributed by atoms with E-state index in [1.807, 2.05) is 0 Å². The number of nitrogens with one attached hydrogen (secondary N) is 1. The normalized spacial score (nSPS) is 11.8. The van der Waals surface area contributed by atoms with Crippen LogP contribution < -0.4 is 10.1 Å². The Labute approximate surface area is 126 Å². The number of benzene rings is 1. The third kappa shape index (κ3) is 4.43. The van der Waals surface area contributed by atoms with Crippen molar-refractivity contribution in [2.45, 2.75) is 19.6 Å². The lowest BCUT2D eigenvalue weighted by atomic mass is 10.3. The molecule has 0 saturated carbocycles.